The van der Waals surface area contributed by atoms with Gasteiger partial charge in [0.05, 0.1) is 6.42 Å². The lowest BCUT2D eigenvalue weighted by molar-refractivity contribution is -0.139. The lowest BCUT2D eigenvalue weighted by atomic mass is 10.2. The predicted molar refractivity (Wildman–Crippen MR) is 64.4 cm³/mol. The summed E-state index contributed by atoms with van der Waals surface area (Å²) in [5.41, 5.74) is 0. The summed E-state index contributed by atoms with van der Waals surface area (Å²) >= 11 is 6.19. The summed E-state index contributed by atoms with van der Waals surface area (Å²) in [5, 5.41) is 8.07. The molecule has 1 fully saturated rings. The number of carbonyl (C=O) groups is 2. The molecule has 1 aliphatic heterocycles. The van der Waals surface area contributed by atoms with Crippen LogP contribution in [0.2, 0.25) is 0 Å². The number of methoxy groups -OCH3 is 1. The highest BCUT2D eigenvalue weighted by molar-refractivity contribution is 8.24. The van der Waals surface area contributed by atoms with Crippen molar-refractivity contribution in [1.82, 2.24) is 4.90 Å². The highest BCUT2D eigenvalue weighted by Crippen LogP contribution is 2.29. The number of hydrogen-bond donors (Lipinski definition) is 1. The molecule has 7 heteroatoms. The number of carbonyl (C=O) groups excluding carboxylic acids is 1. The number of hydrogen-bond acceptors (Lipinski definition) is 5. The molecule has 1 atom stereocenters. The van der Waals surface area contributed by atoms with Gasteiger partial charge in [-0.1, -0.05) is 24.0 Å². The van der Waals surface area contributed by atoms with E-state index in [0.29, 0.717) is 23.9 Å². The zero-order valence-corrected chi connectivity index (χ0v) is 10.5. The van der Waals surface area contributed by atoms with Crippen LogP contribution < -0.4 is 0 Å². The number of ether oxygens (including phenoxy) is 1. The second-order valence-electron chi connectivity index (χ2n) is 3.31. The van der Waals surface area contributed by atoms with Crippen LogP contribution in [0, 0.1) is 0 Å². The van der Waals surface area contributed by atoms with Gasteiger partial charge in [-0.25, -0.2) is 0 Å². The fourth-order valence-corrected chi connectivity index (χ4v) is 2.89. The highest BCUT2D eigenvalue weighted by Gasteiger charge is 2.37. The summed E-state index contributed by atoms with van der Waals surface area (Å²) in [7, 11) is 1.59. The quantitative estimate of drug-likeness (QED) is 0.563. The summed E-state index contributed by atoms with van der Waals surface area (Å²) in [6.45, 7) is 1.05. The van der Waals surface area contributed by atoms with E-state index in [1.165, 1.54) is 4.90 Å². The van der Waals surface area contributed by atoms with Gasteiger partial charge in [-0.2, -0.15) is 0 Å². The van der Waals surface area contributed by atoms with E-state index in [1.54, 1.807) is 7.11 Å². The van der Waals surface area contributed by atoms with E-state index in [-0.39, 0.29) is 12.3 Å². The fraction of sp³-hybridized carbons (Fsp3) is 0.667. The van der Waals surface area contributed by atoms with Crippen molar-refractivity contribution in [3.63, 3.8) is 0 Å². The Hall–Kier alpha value is -0.660. The SMILES string of the molecule is COCCCN1C(=O)[C@H](CC(=O)O)SC1=S. The predicted octanol–water partition coefficient (Wildman–Crippen LogP) is 0.726. The Morgan fingerprint density at radius 1 is 1.69 bits per heavy atom. The summed E-state index contributed by atoms with van der Waals surface area (Å²) in [4.78, 5) is 23.8. The minimum Gasteiger partial charge on any atom is -0.481 e. The molecule has 5 nitrogen and oxygen atoms in total. The Balaban J connectivity index is 2.50. The number of nitrogens with zero attached hydrogens (tertiary/aromatic N) is 1. The largest absolute Gasteiger partial charge is 0.481 e. The van der Waals surface area contributed by atoms with E-state index in [9.17, 15) is 9.59 Å². The lowest BCUT2D eigenvalue weighted by Crippen LogP contribution is -2.33. The van der Waals surface area contributed by atoms with Crippen molar-refractivity contribution in [2.24, 2.45) is 0 Å². The van der Waals surface area contributed by atoms with Gasteiger partial charge in [-0.15, -0.1) is 0 Å². The molecule has 1 aliphatic rings. The minimum atomic E-state index is -0.979. The molecular weight excluding hydrogens is 250 g/mol. The Morgan fingerprint density at radius 3 is 2.94 bits per heavy atom. The van der Waals surface area contributed by atoms with Crippen molar-refractivity contribution in [3.05, 3.63) is 0 Å². The van der Waals surface area contributed by atoms with Gasteiger partial charge < -0.3 is 9.84 Å². The van der Waals surface area contributed by atoms with Crippen LogP contribution in [0.15, 0.2) is 0 Å². The van der Waals surface area contributed by atoms with Gasteiger partial charge in [0.1, 0.15) is 9.57 Å². The summed E-state index contributed by atoms with van der Waals surface area (Å²) in [5.74, 6) is -1.18. The van der Waals surface area contributed by atoms with Crippen molar-refractivity contribution in [2.75, 3.05) is 20.3 Å². The molecule has 0 aromatic heterocycles. The van der Waals surface area contributed by atoms with E-state index >= 15 is 0 Å². The van der Waals surface area contributed by atoms with Crippen molar-refractivity contribution in [2.45, 2.75) is 18.1 Å². The Bertz CT molecular complexity index is 308. The Labute approximate surface area is 103 Å². The maximum atomic E-state index is 11.8. The van der Waals surface area contributed by atoms with Gasteiger partial charge in [0.25, 0.3) is 0 Å². The third-order valence-corrected chi connectivity index (χ3v) is 3.68. The van der Waals surface area contributed by atoms with E-state index in [0.717, 1.165) is 11.8 Å². The van der Waals surface area contributed by atoms with Crippen LogP contribution in [0.25, 0.3) is 0 Å². The number of thiocarbonyl (C=S) groups is 1. The van der Waals surface area contributed by atoms with Crippen LogP contribution in [-0.4, -0.2) is 51.7 Å². The first-order valence-electron chi connectivity index (χ1n) is 4.79. The smallest absolute Gasteiger partial charge is 0.305 e. The van der Waals surface area contributed by atoms with Gasteiger partial charge in [0.15, 0.2) is 0 Å². The number of aliphatic carboxylic acids is 1. The first-order valence-corrected chi connectivity index (χ1v) is 6.07. The molecule has 0 unspecified atom stereocenters. The third-order valence-electron chi connectivity index (χ3n) is 2.10. The number of amides is 1. The normalized spacial score (nSPS) is 20.6. The van der Waals surface area contributed by atoms with Gasteiger partial charge in [0.2, 0.25) is 5.91 Å². The summed E-state index contributed by atoms with van der Waals surface area (Å²) in [6.07, 6.45) is 0.521. The average Bonchev–Trinajstić information content (AvgIpc) is 2.45. The molecule has 1 amide bonds. The van der Waals surface area contributed by atoms with Gasteiger partial charge >= 0.3 is 5.97 Å². The average molecular weight is 263 g/mol. The van der Waals surface area contributed by atoms with E-state index in [1.807, 2.05) is 0 Å². The topological polar surface area (TPSA) is 66.8 Å². The van der Waals surface area contributed by atoms with Crippen LogP contribution in [0.1, 0.15) is 12.8 Å². The van der Waals surface area contributed by atoms with Crippen LogP contribution >= 0.6 is 24.0 Å². The van der Waals surface area contributed by atoms with Crippen LogP contribution in [0.4, 0.5) is 0 Å². The Kier molecular flexibility index (Phi) is 5.17. The van der Waals surface area contributed by atoms with E-state index in [2.05, 4.69) is 0 Å². The maximum absolute atomic E-state index is 11.8. The second-order valence-corrected chi connectivity index (χ2v) is 5.14. The third kappa shape index (κ3) is 3.43. The zero-order valence-electron chi connectivity index (χ0n) is 8.84. The Morgan fingerprint density at radius 2 is 2.38 bits per heavy atom. The highest BCUT2D eigenvalue weighted by atomic mass is 32.2. The summed E-state index contributed by atoms with van der Waals surface area (Å²) < 4.78 is 5.35. The molecule has 0 saturated carbocycles. The molecule has 0 radical (unpaired) electrons. The number of thioether (sulfide) groups is 1. The summed E-state index contributed by atoms with van der Waals surface area (Å²) in [6, 6.07) is 0. The molecule has 0 aromatic rings. The van der Waals surface area contributed by atoms with Crippen molar-refractivity contribution >= 4 is 40.2 Å². The van der Waals surface area contributed by atoms with Gasteiger partial charge in [-0.05, 0) is 6.42 Å². The monoisotopic (exact) mass is 263 g/mol. The van der Waals surface area contributed by atoms with Gasteiger partial charge in [0, 0.05) is 20.3 Å². The molecule has 1 rings (SSSR count). The molecule has 0 spiro atoms. The minimum absolute atomic E-state index is 0.176. The second kappa shape index (κ2) is 6.17. The van der Waals surface area contributed by atoms with Crippen molar-refractivity contribution in [1.29, 1.82) is 0 Å². The van der Waals surface area contributed by atoms with Gasteiger partial charge in [-0.3, -0.25) is 14.5 Å². The first-order chi connectivity index (χ1) is 7.56. The van der Waals surface area contributed by atoms with Crippen LogP contribution in [0.5, 0.6) is 0 Å². The number of carboxylic acids is 1. The molecule has 1 heterocycles. The first kappa shape index (κ1) is 13.4. The molecule has 90 valence electrons. The molecular formula is C9H13NO4S2. The molecule has 0 bridgehead atoms. The van der Waals surface area contributed by atoms with Crippen LogP contribution in [-0.2, 0) is 14.3 Å². The molecule has 1 N–H and O–H groups in total. The molecule has 0 aliphatic carbocycles. The molecule has 16 heavy (non-hydrogen) atoms. The van der Waals surface area contributed by atoms with Crippen molar-refractivity contribution < 1.29 is 19.4 Å². The molecule has 1 saturated heterocycles. The maximum Gasteiger partial charge on any atom is 0.305 e. The lowest BCUT2D eigenvalue weighted by Gasteiger charge is -2.14. The van der Waals surface area contributed by atoms with E-state index in [4.69, 9.17) is 22.1 Å². The zero-order chi connectivity index (χ0) is 12.1. The fourth-order valence-electron chi connectivity index (χ4n) is 1.36. The van der Waals surface area contributed by atoms with Crippen LogP contribution in [0.3, 0.4) is 0 Å². The van der Waals surface area contributed by atoms with E-state index < -0.39 is 11.2 Å². The number of carboxylic acid groups (broad SMARTS) is 1. The molecule has 0 aromatic carbocycles. The van der Waals surface area contributed by atoms with Crippen molar-refractivity contribution in [3.8, 4) is 0 Å². The standard InChI is InChI=1S/C9H13NO4S2/c1-14-4-2-3-10-8(13)6(5-7(11)12)16-9(10)15/h6H,2-5H2,1H3,(H,11,12)/t6-/m0/s1. The number of rotatable bonds is 6.